The molecule has 1 saturated heterocycles. The van der Waals surface area contributed by atoms with Crippen LogP contribution in [-0.4, -0.2) is 72.7 Å². The van der Waals surface area contributed by atoms with E-state index in [1.165, 1.54) is 41.5 Å². The van der Waals surface area contributed by atoms with Crippen LogP contribution in [0.3, 0.4) is 0 Å². The van der Waals surface area contributed by atoms with Crippen molar-refractivity contribution in [2.45, 2.75) is 0 Å². The Morgan fingerprint density at radius 1 is 1.19 bits per heavy atom. The Morgan fingerprint density at radius 2 is 1.93 bits per heavy atom. The highest BCUT2D eigenvalue weighted by atomic mass is 19.1. The first-order valence-electron chi connectivity index (χ1n) is 8.67. The molecule has 1 fully saturated rings. The van der Waals surface area contributed by atoms with E-state index in [-0.39, 0.29) is 24.2 Å². The second-order valence-electron chi connectivity index (χ2n) is 6.12. The number of hydrogen-bond donors (Lipinski definition) is 1. The van der Waals surface area contributed by atoms with E-state index in [1.807, 2.05) is 0 Å². The Bertz CT molecular complexity index is 745. The van der Waals surface area contributed by atoms with Gasteiger partial charge in [0.15, 0.2) is 5.82 Å². The SMILES string of the molecule is O=C(CN(CCN1CCOCC1)C(=O)c1ccc(F)cc1)Nc1ccon1. The third-order valence-electron chi connectivity index (χ3n) is 4.21. The fourth-order valence-electron chi connectivity index (χ4n) is 2.75. The van der Waals surface area contributed by atoms with Crippen molar-refractivity contribution in [1.82, 2.24) is 15.0 Å². The van der Waals surface area contributed by atoms with Gasteiger partial charge in [0, 0.05) is 37.8 Å². The second kappa shape index (κ2) is 9.24. The number of amides is 2. The summed E-state index contributed by atoms with van der Waals surface area (Å²) in [6.45, 7) is 3.70. The van der Waals surface area contributed by atoms with Gasteiger partial charge in [-0.05, 0) is 24.3 Å². The van der Waals surface area contributed by atoms with Crippen molar-refractivity contribution < 1.29 is 23.2 Å². The molecule has 2 heterocycles. The van der Waals surface area contributed by atoms with Gasteiger partial charge in [0.05, 0.1) is 13.2 Å². The standard InChI is InChI=1S/C18H21FN4O4/c19-15-3-1-14(2-4-15)18(25)23(7-6-22-8-11-26-12-9-22)13-17(24)20-16-5-10-27-21-16/h1-5,10H,6-9,11-13H2,(H,20,21,24). The molecule has 8 nitrogen and oxygen atoms in total. The molecular formula is C18H21FN4O4. The summed E-state index contributed by atoms with van der Waals surface area (Å²) in [6, 6.07) is 6.79. The fraction of sp³-hybridized carbons (Fsp3) is 0.389. The van der Waals surface area contributed by atoms with E-state index in [4.69, 9.17) is 4.74 Å². The number of benzene rings is 1. The van der Waals surface area contributed by atoms with Crippen molar-refractivity contribution in [2.24, 2.45) is 0 Å². The van der Waals surface area contributed by atoms with Crippen LogP contribution >= 0.6 is 0 Å². The van der Waals surface area contributed by atoms with Crippen LogP contribution in [-0.2, 0) is 9.53 Å². The molecule has 2 amide bonds. The smallest absolute Gasteiger partial charge is 0.254 e. The minimum absolute atomic E-state index is 0.145. The molecule has 0 spiro atoms. The number of aromatic nitrogens is 1. The summed E-state index contributed by atoms with van der Waals surface area (Å²) in [4.78, 5) is 28.7. The molecule has 1 aliphatic rings. The fourth-order valence-corrected chi connectivity index (χ4v) is 2.75. The number of hydrogen-bond acceptors (Lipinski definition) is 6. The molecule has 27 heavy (non-hydrogen) atoms. The Kier molecular flexibility index (Phi) is 6.50. The lowest BCUT2D eigenvalue weighted by Crippen LogP contribution is -2.45. The molecule has 0 unspecified atom stereocenters. The number of rotatable bonds is 7. The first-order valence-corrected chi connectivity index (χ1v) is 8.67. The van der Waals surface area contributed by atoms with Crippen LogP contribution in [0.25, 0.3) is 0 Å². The predicted molar refractivity (Wildman–Crippen MR) is 94.7 cm³/mol. The zero-order valence-corrected chi connectivity index (χ0v) is 14.8. The lowest BCUT2D eigenvalue weighted by molar-refractivity contribution is -0.117. The van der Waals surface area contributed by atoms with Crippen molar-refractivity contribution in [1.29, 1.82) is 0 Å². The maximum Gasteiger partial charge on any atom is 0.254 e. The summed E-state index contributed by atoms with van der Waals surface area (Å²) < 4.78 is 23.1. The molecule has 0 radical (unpaired) electrons. The molecule has 0 bridgehead atoms. The summed E-state index contributed by atoms with van der Waals surface area (Å²) in [5.74, 6) is -0.863. The third-order valence-corrected chi connectivity index (χ3v) is 4.21. The molecule has 9 heteroatoms. The van der Waals surface area contributed by atoms with Gasteiger partial charge in [-0.1, -0.05) is 5.16 Å². The largest absolute Gasteiger partial charge is 0.379 e. The Labute approximate surface area is 155 Å². The van der Waals surface area contributed by atoms with E-state index in [9.17, 15) is 14.0 Å². The monoisotopic (exact) mass is 376 g/mol. The molecule has 3 rings (SSSR count). The maximum atomic E-state index is 13.1. The van der Waals surface area contributed by atoms with Crippen molar-refractivity contribution in [3.8, 4) is 0 Å². The minimum Gasteiger partial charge on any atom is -0.379 e. The van der Waals surface area contributed by atoms with Gasteiger partial charge >= 0.3 is 0 Å². The van der Waals surface area contributed by atoms with Gasteiger partial charge in [-0.15, -0.1) is 0 Å². The minimum atomic E-state index is -0.421. The summed E-state index contributed by atoms with van der Waals surface area (Å²) in [7, 11) is 0. The third kappa shape index (κ3) is 5.60. The first kappa shape index (κ1) is 19.0. The van der Waals surface area contributed by atoms with E-state index in [0.717, 1.165) is 13.1 Å². The normalized spacial score (nSPS) is 14.7. The molecular weight excluding hydrogens is 355 g/mol. The van der Waals surface area contributed by atoms with E-state index in [2.05, 4.69) is 19.9 Å². The highest BCUT2D eigenvalue weighted by Gasteiger charge is 2.21. The molecule has 0 saturated carbocycles. The number of halogens is 1. The number of ether oxygens (including phenoxy) is 1. The van der Waals surface area contributed by atoms with Crippen LogP contribution in [0.2, 0.25) is 0 Å². The topological polar surface area (TPSA) is 87.9 Å². The van der Waals surface area contributed by atoms with Gasteiger partial charge in [0.25, 0.3) is 5.91 Å². The van der Waals surface area contributed by atoms with Crippen LogP contribution in [0, 0.1) is 5.82 Å². The van der Waals surface area contributed by atoms with Gasteiger partial charge in [-0.2, -0.15) is 0 Å². The van der Waals surface area contributed by atoms with Gasteiger partial charge in [0.1, 0.15) is 18.6 Å². The van der Waals surface area contributed by atoms with Gasteiger partial charge in [0.2, 0.25) is 5.91 Å². The number of anilines is 1. The van der Waals surface area contributed by atoms with Crippen molar-refractivity contribution in [3.63, 3.8) is 0 Å². The molecule has 2 aromatic rings. The summed E-state index contributed by atoms with van der Waals surface area (Å²) in [5.41, 5.74) is 0.326. The van der Waals surface area contributed by atoms with E-state index >= 15 is 0 Å². The summed E-state index contributed by atoms with van der Waals surface area (Å²) in [6.07, 6.45) is 1.34. The van der Waals surface area contributed by atoms with Crippen LogP contribution in [0.15, 0.2) is 41.1 Å². The Balaban J connectivity index is 1.65. The molecule has 1 aromatic carbocycles. The first-order chi connectivity index (χ1) is 13.1. The predicted octanol–water partition coefficient (Wildman–Crippen LogP) is 1.23. The lowest BCUT2D eigenvalue weighted by Gasteiger charge is -2.30. The Morgan fingerprint density at radius 3 is 2.59 bits per heavy atom. The van der Waals surface area contributed by atoms with Crippen LogP contribution in [0.4, 0.5) is 10.2 Å². The Hall–Kier alpha value is -2.78. The van der Waals surface area contributed by atoms with Crippen molar-refractivity contribution >= 4 is 17.6 Å². The number of morpholine rings is 1. The summed E-state index contributed by atoms with van der Waals surface area (Å²) in [5, 5.41) is 6.20. The van der Waals surface area contributed by atoms with E-state index in [0.29, 0.717) is 31.9 Å². The molecule has 144 valence electrons. The number of carbonyl (C=O) groups is 2. The molecule has 1 aliphatic heterocycles. The number of carbonyl (C=O) groups excluding carboxylic acids is 2. The quantitative estimate of drug-likeness (QED) is 0.782. The number of nitrogens with one attached hydrogen (secondary N) is 1. The lowest BCUT2D eigenvalue weighted by atomic mass is 10.2. The average molecular weight is 376 g/mol. The van der Waals surface area contributed by atoms with Crippen LogP contribution < -0.4 is 5.32 Å². The van der Waals surface area contributed by atoms with Crippen molar-refractivity contribution in [2.75, 3.05) is 51.3 Å². The zero-order valence-electron chi connectivity index (χ0n) is 14.8. The van der Waals surface area contributed by atoms with Crippen molar-refractivity contribution in [3.05, 3.63) is 48.0 Å². The molecule has 1 N–H and O–H groups in total. The second-order valence-corrected chi connectivity index (χ2v) is 6.12. The molecule has 0 atom stereocenters. The van der Waals surface area contributed by atoms with E-state index < -0.39 is 5.82 Å². The number of nitrogens with zero attached hydrogens (tertiary/aromatic N) is 3. The summed E-state index contributed by atoms with van der Waals surface area (Å²) >= 11 is 0. The average Bonchev–Trinajstić information content (AvgIpc) is 3.19. The van der Waals surface area contributed by atoms with Gasteiger partial charge in [-0.25, -0.2) is 4.39 Å². The van der Waals surface area contributed by atoms with Crippen LogP contribution in [0.1, 0.15) is 10.4 Å². The molecule has 0 aliphatic carbocycles. The van der Waals surface area contributed by atoms with Gasteiger partial charge in [-0.3, -0.25) is 14.5 Å². The van der Waals surface area contributed by atoms with Crippen LogP contribution in [0.5, 0.6) is 0 Å². The highest BCUT2D eigenvalue weighted by molar-refractivity contribution is 5.99. The van der Waals surface area contributed by atoms with Gasteiger partial charge < -0.3 is 19.5 Å². The zero-order chi connectivity index (χ0) is 19.1. The highest BCUT2D eigenvalue weighted by Crippen LogP contribution is 2.09. The van der Waals surface area contributed by atoms with E-state index in [1.54, 1.807) is 0 Å². The molecule has 1 aromatic heterocycles. The maximum absolute atomic E-state index is 13.1.